The van der Waals surface area contributed by atoms with Crippen LogP contribution in [0.3, 0.4) is 0 Å². The highest BCUT2D eigenvalue weighted by Crippen LogP contribution is 1.96. The van der Waals surface area contributed by atoms with Crippen LogP contribution in [-0.4, -0.2) is 46.4 Å². The maximum atomic E-state index is 5.58. The first kappa shape index (κ1) is 12.1. The van der Waals surface area contributed by atoms with E-state index >= 15 is 0 Å². The molecule has 0 heterocycles. The molecule has 4 nitrogen and oxygen atoms in total. The van der Waals surface area contributed by atoms with Crippen LogP contribution < -0.4 is 0 Å². The molecule has 0 aromatic heterocycles. The summed E-state index contributed by atoms with van der Waals surface area (Å²) >= 11 is 5.58. The van der Waals surface area contributed by atoms with Crippen LogP contribution in [0.25, 0.3) is 0 Å². The van der Waals surface area contributed by atoms with Crippen LogP contribution in [0, 0.1) is 0 Å². The van der Waals surface area contributed by atoms with Crippen molar-refractivity contribution in [2.24, 2.45) is 0 Å². The van der Waals surface area contributed by atoms with Crippen molar-refractivity contribution in [2.45, 2.75) is 6.10 Å². The van der Waals surface area contributed by atoms with Crippen molar-refractivity contribution in [1.82, 2.24) is 0 Å². The standard InChI is InChI=1S/C7H15ClO4/c1-9-5-11-4-7(3-8)12-6-10-2/h7H,3-6H2,1-2H3. The maximum absolute atomic E-state index is 5.58. The minimum absolute atomic E-state index is 0.137. The van der Waals surface area contributed by atoms with E-state index in [2.05, 4.69) is 4.74 Å². The Morgan fingerprint density at radius 2 is 1.83 bits per heavy atom. The lowest BCUT2D eigenvalue weighted by atomic mass is 10.4. The largest absolute Gasteiger partial charge is 0.359 e. The van der Waals surface area contributed by atoms with E-state index in [1.807, 2.05) is 0 Å². The van der Waals surface area contributed by atoms with E-state index in [9.17, 15) is 0 Å². The van der Waals surface area contributed by atoms with Crippen LogP contribution in [0.5, 0.6) is 0 Å². The Morgan fingerprint density at radius 1 is 1.17 bits per heavy atom. The molecule has 0 fully saturated rings. The SMILES string of the molecule is COCOCC(CCl)OCOC. The van der Waals surface area contributed by atoms with Crippen LogP contribution in [0.1, 0.15) is 0 Å². The predicted octanol–water partition coefficient (Wildman–Crippen LogP) is 0.835. The smallest absolute Gasteiger partial charge is 0.146 e. The summed E-state index contributed by atoms with van der Waals surface area (Å²) in [5.74, 6) is 0.382. The zero-order chi connectivity index (χ0) is 9.23. The van der Waals surface area contributed by atoms with Crippen molar-refractivity contribution in [3.8, 4) is 0 Å². The Hall–Kier alpha value is 0.130. The Morgan fingerprint density at radius 3 is 2.33 bits per heavy atom. The monoisotopic (exact) mass is 198 g/mol. The molecule has 0 spiro atoms. The number of hydrogen-bond acceptors (Lipinski definition) is 4. The zero-order valence-corrected chi connectivity index (χ0v) is 8.17. The third-order valence-corrected chi connectivity index (χ3v) is 1.44. The molecule has 0 aromatic carbocycles. The molecule has 0 N–H and O–H groups in total. The van der Waals surface area contributed by atoms with Gasteiger partial charge < -0.3 is 18.9 Å². The van der Waals surface area contributed by atoms with Gasteiger partial charge in [-0.3, -0.25) is 0 Å². The van der Waals surface area contributed by atoms with Gasteiger partial charge in [0.1, 0.15) is 13.6 Å². The molecule has 0 bridgehead atoms. The Kier molecular flexibility index (Phi) is 9.32. The highest BCUT2D eigenvalue weighted by molar-refractivity contribution is 6.18. The molecule has 0 rings (SSSR count). The number of alkyl halides is 1. The molecule has 0 aliphatic heterocycles. The second kappa shape index (κ2) is 9.22. The second-order valence-electron chi connectivity index (χ2n) is 2.13. The molecule has 0 amide bonds. The van der Waals surface area contributed by atoms with Crippen molar-refractivity contribution in [2.75, 3.05) is 40.3 Å². The van der Waals surface area contributed by atoms with Crippen molar-refractivity contribution >= 4 is 11.6 Å². The van der Waals surface area contributed by atoms with Gasteiger partial charge in [-0.2, -0.15) is 0 Å². The summed E-state index contributed by atoms with van der Waals surface area (Å²) in [4.78, 5) is 0. The Bertz CT molecular complexity index is 91.5. The second-order valence-corrected chi connectivity index (χ2v) is 2.44. The fourth-order valence-corrected chi connectivity index (χ4v) is 0.743. The Balaban J connectivity index is 3.26. The molecule has 0 aliphatic carbocycles. The molecule has 12 heavy (non-hydrogen) atoms. The topological polar surface area (TPSA) is 36.9 Å². The maximum Gasteiger partial charge on any atom is 0.146 e. The summed E-state index contributed by atoms with van der Waals surface area (Å²) in [6.07, 6.45) is -0.137. The summed E-state index contributed by atoms with van der Waals surface area (Å²) in [5.41, 5.74) is 0. The van der Waals surface area contributed by atoms with Gasteiger partial charge in [0.15, 0.2) is 0 Å². The van der Waals surface area contributed by atoms with Gasteiger partial charge in [0.05, 0.1) is 18.6 Å². The third kappa shape index (κ3) is 6.82. The highest BCUT2D eigenvalue weighted by atomic mass is 35.5. The zero-order valence-electron chi connectivity index (χ0n) is 7.42. The molecular formula is C7H15ClO4. The molecule has 0 saturated carbocycles. The van der Waals surface area contributed by atoms with Gasteiger partial charge >= 0.3 is 0 Å². The van der Waals surface area contributed by atoms with E-state index < -0.39 is 0 Å². The summed E-state index contributed by atoms with van der Waals surface area (Å²) in [5, 5.41) is 0. The van der Waals surface area contributed by atoms with Gasteiger partial charge in [-0.15, -0.1) is 11.6 Å². The minimum atomic E-state index is -0.137. The van der Waals surface area contributed by atoms with Crippen molar-refractivity contribution in [3.05, 3.63) is 0 Å². The van der Waals surface area contributed by atoms with Crippen molar-refractivity contribution < 1.29 is 18.9 Å². The molecule has 74 valence electrons. The summed E-state index contributed by atoms with van der Waals surface area (Å²) < 4.78 is 19.6. The summed E-state index contributed by atoms with van der Waals surface area (Å²) in [6.45, 7) is 0.901. The first-order valence-electron chi connectivity index (χ1n) is 3.58. The van der Waals surface area contributed by atoms with Crippen LogP contribution in [0.4, 0.5) is 0 Å². The lowest BCUT2D eigenvalue weighted by molar-refractivity contribution is -0.112. The van der Waals surface area contributed by atoms with E-state index in [4.69, 9.17) is 25.8 Å². The average molecular weight is 199 g/mol. The van der Waals surface area contributed by atoms with E-state index in [0.29, 0.717) is 12.5 Å². The molecule has 0 saturated heterocycles. The summed E-state index contributed by atoms with van der Waals surface area (Å²) in [7, 11) is 3.12. The van der Waals surface area contributed by atoms with Crippen molar-refractivity contribution in [3.63, 3.8) is 0 Å². The van der Waals surface area contributed by atoms with Crippen LogP contribution in [0.15, 0.2) is 0 Å². The third-order valence-electron chi connectivity index (χ3n) is 1.10. The van der Waals surface area contributed by atoms with Gasteiger partial charge in [-0.05, 0) is 0 Å². The molecule has 1 unspecified atom stereocenters. The van der Waals surface area contributed by atoms with Crippen LogP contribution >= 0.6 is 11.6 Å². The fourth-order valence-electron chi connectivity index (χ4n) is 0.564. The first-order valence-corrected chi connectivity index (χ1v) is 4.11. The lowest BCUT2D eigenvalue weighted by Crippen LogP contribution is -2.23. The molecule has 0 aliphatic rings. The molecule has 5 heteroatoms. The number of halogens is 1. The first-order chi connectivity index (χ1) is 5.85. The number of hydrogen-bond donors (Lipinski definition) is 0. The molecule has 0 aromatic rings. The van der Waals surface area contributed by atoms with E-state index in [0.717, 1.165) is 0 Å². The quantitative estimate of drug-likeness (QED) is 0.329. The lowest BCUT2D eigenvalue weighted by Gasteiger charge is -2.13. The number of rotatable bonds is 8. The van der Waals surface area contributed by atoms with Gasteiger partial charge in [0.2, 0.25) is 0 Å². The molecule has 1 atom stereocenters. The summed E-state index contributed by atoms with van der Waals surface area (Å²) in [6, 6.07) is 0. The Labute approximate surface area is 77.7 Å². The van der Waals surface area contributed by atoms with E-state index in [1.165, 1.54) is 0 Å². The number of ether oxygens (including phenoxy) is 4. The average Bonchev–Trinajstić information content (AvgIpc) is 2.11. The van der Waals surface area contributed by atoms with Crippen molar-refractivity contribution in [1.29, 1.82) is 0 Å². The van der Waals surface area contributed by atoms with E-state index in [-0.39, 0.29) is 19.7 Å². The van der Waals surface area contributed by atoms with Gasteiger partial charge in [0, 0.05) is 14.2 Å². The molecule has 0 radical (unpaired) electrons. The predicted molar refractivity (Wildman–Crippen MR) is 45.3 cm³/mol. The van der Waals surface area contributed by atoms with Gasteiger partial charge in [-0.25, -0.2) is 0 Å². The van der Waals surface area contributed by atoms with Gasteiger partial charge in [-0.1, -0.05) is 0 Å². The highest BCUT2D eigenvalue weighted by Gasteiger charge is 2.06. The fraction of sp³-hybridized carbons (Fsp3) is 1.00. The van der Waals surface area contributed by atoms with Crippen LogP contribution in [-0.2, 0) is 18.9 Å². The van der Waals surface area contributed by atoms with Crippen LogP contribution in [0.2, 0.25) is 0 Å². The molecular weight excluding hydrogens is 184 g/mol. The van der Waals surface area contributed by atoms with E-state index in [1.54, 1.807) is 14.2 Å². The minimum Gasteiger partial charge on any atom is -0.359 e. The number of methoxy groups -OCH3 is 2. The van der Waals surface area contributed by atoms with Gasteiger partial charge in [0.25, 0.3) is 0 Å². The normalized spacial score (nSPS) is 13.2.